The highest BCUT2D eigenvalue weighted by molar-refractivity contribution is 6.00. The zero-order chi connectivity index (χ0) is 18.5. The van der Waals surface area contributed by atoms with Gasteiger partial charge in [0.25, 0.3) is 0 Å². The molecule has 1 N–H and O–H groups in total. The Balaban J connectivity index is 1.87. The second-order valence-electron chi connectivity index (χ2n) is 6.64. The number of allylic oxidation sites excluding steroid dienone is 1. The normalized spacial score (nSPS) is 16.8. The third-order valence-corrected chi connectivity index (χ3v) is 4.16. The number of ether oxygens (including phenoxy) is 1. The van der Waals surface area contributed by atoms with Gasteiger partial charge in [-0.05, 0) is 45.2 Å². The maximum atomic E-state index is 11.9. The van der Waals surface area contributed by atoms with Crippen molar-refractivity contribution in [1.82, 2.24) is 9.78 Å². The summed E-state index contributed by atoms with van der Waals surface area (Å²) in [5, 5.41) is 7.41. The SMILES string of the molecule is CC(C)=CC(=O)Nc1cccc(-c2nn(C3CCCCO3)cc2C=O)c1. The Morgan fingerprint density at radius 3 is 2.88 bits per heavy atom. The summed E-state index contributed by atoms with van der Waals surface area (Å²) >= 11 is 0. The molecule has 1 saturated heterocycles. The molecule has 0 bridgehead atoms. The first kappa shape index (κ1) is 18.1. The van der Waals surface area contributed by atoms with E-state index in [1.165, 1.54) is 0 Å². The summed E-state index contributed by atoms with van der Waals surface area (Å²) in [5.41, 5.74) is 3.45. The van der Waals surface area contributed by atoms with Gasteiger partial charge in [-0.15, -0.1) is 0 Å². The fraction of sp³-hybridized carbons (Fsp3) is 0.350. The van der Waals surface area contributed by atoms with Gasteiger partial charge in [0.1, 0.15) is 11.9 Å². The molecule has 1 fully saturated rings. The summed E-state index contributed by atoms with van der Waals surface area (Å²) in [4.78, 5) is 23.4. The van der Waals surface area contributed by atoms with Crippen LogP contribution in [0.5, 0.6) is 0 Å². The summed E-state index contributed by atoms with van der Waals surface area (Å²) in [7, 11) is 0. The Bertz CT molecular complexity index is 829. The molecule has 2 aromatic rings. The number of hydrogen-bond acceptors (Lipinski definition) is 4. The second kappa shape index (κ2) is 8.10. The van der Waals surface area contributed by atoms with Crippen LogP contribution in [0.3, 0.4) is 0 Å². The van der Waals surface area contributed by atoms with E-state index >= 15 is 0 Å². The van der Waals surface area contributed by atoms with Gasteiger partial charge in [0.05, 0.1) is 5.56 Å². The van der Waals surface area contributed by atoms with Crippen LogP contribution in [0.15, 0.2) is 42.1 Å². The Hall–Kier alpha value is -2.73. The number of benzene rings is 1. The fourth-order valence-corrected chi connectivity index (χ4v) is 2.98. The molecule has 1 unspecified atom stereocenters. The molecule has 0 aliphatic carbocycles. The Labute approximate surface area is 152 Å². The van der Waals surface area contributed by atoms with Crippen LogP contribution in [0.2, 0.25) is 0 Å². The molecule has 6 nitrogen and oxygen atoms in total. The lowest BCUT2D eigenvalue weighted by molar-refractivity contribution is -0.111. The molecule has 2 heterocycles. The number of nitrogens with one attached hydrogen (secondary N) is 1. The van der Waals surface area contributed by atoms with Gasteiger partial charge in [-0.3, -0.25) is 9.59 Å². The van der Waals surface area contributed by atoms with Crippen LogP contribution in [-0.4, -0.2) is 28.6 Å². The molecule has 1 aliphatic heterocycles. The zero-order valence-corrected chi connectivity index (χ0v) is 15.1. The van der Waals surface area contributed by atoms with E-state index in [4.69, 9.17) is 4.74 Å². The monoisotopic (exact) mass is 353 g/mol. The fourth-order valence-electron chi connectivity index (χ4n) is 2.98. The number of carbonyl (C=O) groups is 2. The van der Waals surface area contributed by atoms with Crippen molar-refractivity contribution < 1.29 is 14.3 Å². The number of anilines is 1. The molecule has 1 atom stereocenters. The van der Waals surface area contributed by atoms with Crippen LogP contribution in [0, 0.1) is 0 Å². The third kappa shape index (κ3) is 4.26. The number of aromatic nitrogens is 2. The minimum atomic E-state index is -0.182. The molecule has 1 aliphatic rings. The van der Waals surface area contributed by atoms with Gasteiger partial charge >= 0.3 is 0 Å². The number of carbonyl (C=O) groups excluding carboxylic acids is 2. The highest BCUT2D eigenvalue weighted by Crippen LogP contribution is 2.28. The van der Waals surface area contributed by atoms with Crippen molar-refractivity contribution in [2.45, 2.75) is 39.3 Å². The summed E-state index contributed by atoms with van der Waals surface area (Å²) < 4.78 is 7.48. The number of amides is 1. The van der Waals surface area contributed by atoms with E-state index in [0.29, 0.717) is 23.6 Å². The average Bonchev–Trinajstić information content (AvgIpc) is 3.06. The van der Waals surface area contributed by atoms with Crippen molar-refractivity contribution in [1.29, 1.82) is 0 Å². The molecule has 3 rings (SSSR count). The Kier molecular flexibility index (Phi) is 5.63. The second-order valence-corrected chi connectivity index (χ2v) is 6.64. The number of nitrogens with zero attached hydrogens (tertiary/aromatic N) is 2. The topological polar surface area (TPSA) is 73.2 Å². The summed E-state index contributed by atoms with van der Waals surface area (Å²) in [6.07, 6.45) is 6.97. The van der Waals surface area contributed by atoms with E-state index in [0.717, 1.165) is 36.7 Å². The van der Waals surface area contributed by atoms with Crippen LogP contribution < -0.4 is 5.32 Å². The molecule has 6 heteroatoms. The first-order valence-corrected chi connectivity index (χ1v) is 8.79. The van der Waals surface area contributed by atoms with E-state index in [-0.39, 0.29) is 12.1 Å². The lowest BCUT2D eigenvalue weighted by Crippen LogP contribution is -2.18. The molecule has 26 heavy (non-hydrogen) atoms. The quantitative estimate of drug-likeness (QED) is 0.652. The number of aldehydes is 1. The van der Waals surface area contributed by atoms with Crippen LogP contribution in [0.4, 0.5) is 5.69 Å². The minimum absolute atomic E-state index is 0.128. The zero-order valence-electron chi connectivity index (χ0n) is 15.1. The lowest BCUT2D eigenvalue weighted by Gasteiger charge is -2.22. The van der Waals surface area contributed by atoms with Crippen LogP contribution >= 0.6 is 0 Å². The molecule has 0 radical (unpaired) electrons. The average molecular weight is 353 g/mol. The van der Waals surface area contributed by atoms with Crippen molar-refractivity contribution in [3.63, 3.8) is 0 Å². The largest absolute Gasteiger partial charge is 0.357 e. The molecular weight excluding hydrogens is 330 g/mol. The Morgan fingerprint density at radius 2 is 2.19 bits per heavy atom. The van der Waals surface area contributed by atoms with Gasteiger partial charge in [-0.1, -0.05) is 17.7 Å². The van der Waals surface area contributed by atoms with Crippen molar-refractivity contribution in [2.24, 2.45) is 0 Å². The molecule has 1 aromatic carbocycles. The predicted octanol–water partition coefficient (Wildman–Crippen LogP) is 3.97. The van der Waals surface area contributed by atoms with Crippen LogP contribution in [0.1, 0.15) is 49.7 Å². The first-order chi connectivity index (χ1) is 12.6. The van der Waals surface area contributed by atoms with Crippen molar-refractivity contribution in [2.75, 3.05) is 11.9 Å². The van der Waals surface area contributed by atoms with Crippen LogP contribution in [-0.2, 0) is 9.53 Å². The van der Waals surface area contributed by atoms with Crippen molar-refractivity contribution in [3.05, 3.63) is 47.7 Å². The summed E-state index contributed by atoms with van der Waals surface area (Å²) in [6.45, 7) is 4.45. The number of rotatable bonds is 5. The molecule has 1 amide bonds. The minimum Gasteiger partial charge on any atom is -0.357 e. The molecule has 1 aromatic heterocycles. The Morgan fingerprint density at radius 1 is 1.35 bits per heavy atom. The molecule has 136 valence electrons. The maximum Gasteiger partial charge on any atom is 0.248 e. The maximum absolute atomic E-state index is 11.9. The van der Waals surface area contributed by atoms with Gasteiger partial charge in [-0.2, -0.15) is 5.10 Å². The van der Waals surface area contributed by atoms with Gasteiger partial charge in [0.2, 0.25) is 5.91 Å². The van der Waals surface area contributed by atoms with E-state index < -0.39 is 0 Å². The van der Waals surface area contributed by atoms with E-state index in [2.05, 4.69) is 10.4 Å². The first-order valence-electron chi connectivity index (χ1n) is 8.79. The van der Waals surface area contributed by atoms with Crippen molar-refractivity contribution in [3.8, 4) is 11.3 Å². The van der Waals surface area contributed by atoms with E-state index in [1.807, 2.05) is 38.1 Å². The van der Waals surface area contributed by atoms with E-state index in [1.54, 1.807) is 17.0 Å². The predicted molar refractivity (Wildman–Crippen MR) is 100.0 cm³/mol. The van der Waals surface area contributed by atoms with E-state index in [9.17, 15) is 9.59 Å². The number of hydrogen-bond donors (Lipinski definition) is 1. The lowest BCUT2D eigenvalue weighted by atomic mass is 10.1. The molecule has 0 saturated carbocycles. The van der Waals surface area contributed by atoms with Gasteiger partial charge in [0.15, 0.2) is 6.29 Å². The molecular formula is C20H23N3O3. The van der Waals surface area contributed by atoms with Gasteiger partial charge < -0.3 is 10.1 Å². The summed E-state index contributed by atoms with van der Waals surface area (Å²) in [5.74, 6) is -0.182. The smallest absolute Gasteiger partial charge is 0.248 e. The van der Waals surface area contributed by atoms with Crippen molar-refractivity contribution >= 4 is 17.9 Å². The molecule has 0 spiro atoms. The third-order valence-electron chi connectivity index (χ3n) is 4.16. The van der Waals surface area contributed by atoms with Gasteiger partial charge in [0, 0.05) is 30.1 Å². The summed E-state index contributed by atoms with van der Waals surface area (Å²) in [6, 6.07) is 7.33. The van der Waals surface area contributed by atoms with Crippen LogP contribution in [0.25, 0.3) is 11.3 Å². The highest BCUT2D eigenvalue weighted by Gasteiger charge is 2.20. The standard InChI is InChI=1S/C20H23N3O3/c1-14(2)10-18(25)21-17-7-5-6-15(11-17)20-16(13-24)12-23(22-20)19-8-3-4-9-26-19/h5-7,10-13,19H,3-4,8-9H2,1-2H3,(H,21,25). The highest BCUT2D eigenvalue weighted by atomic mass is 16.5. The van der Waals surface area contributed by atoms with Gasteiger partial charge in [-0.25, -0.2) is 4.68 Å².